The Morgan fingerprint density at radius 2 is 1.50 bits per heavy atom. The van der Waals surface area contributed by atoms with Crippen LogP contribution in [0.3, 0.4) is 0 Å². The predicted octanol–water partition coefficient (Wildman–Crippen LogP) is 4.09. The molecule has 0 N–H and O–H groups in total. The predicted molar refractivity (Wildman–Crippen MR) is 81.2 cm³/mol. The summed E-state index contributed by atoms with van der Waals surface area (Å²) in [6.45, 7) is 0. The average Bonchev–Trinajstić information content (AvgIpc) is 2.53. The number of halogens is 2. The number of hydrogen-bond donors (Lipinski definition) is 0. The zero-order valence-electron chi connectivity index (χ0n) is 11.1. The quantitative estimate of drug-likeness (QED) is 0.794. The molecule has 6 heteroatoms. The van der Waals surface area contributed by atoms with Crippen molar-refractivity contribution in [1.82, 2.24) is 0 Å². The molecule has 0 saturated heterocycles. The van der Waals surface area contributed by atoms with Crippen LogP contribution < -0.4 is 0 Å². The van der Waals surface area contributed by atoms with Crippen LogP contribution >= 0.6 is 23.2 Å². The zero-order valence-corrected chi connectivity index (χ0v) is 12.6. The van der Waals surface area contributed by atoms with Crippen molar-refractivity contribution in [3.8, 4) is 12.1 Å². The second-order valence-electron chi connectivity index (χ2n) is 4.25. The summed E-state index contributed by atoms with van der Waals surface area (Å²) in [6.07, 6.45) is 0. The molecular formula is C16H8Cl2N2O2. The van der Waals surface area contributed by atoms with E-state index in [1.807, 2.05) is 0 Å². The summed E-state index contributed by atoms with van der Waals surface area (Å²) >= 11 is 11.9. The van der Waals surface area contributed by atoms with Gasteiger partial charge < -0.3 is 4.74 Å². The van der Waals surface area contributed by atoms with Gasteiger partial charge in [0.1, 0.15) is 12.1 Å². The summed E-state index contributed by atoms with van der Waals surface area (Å²) in [5.74, 6) is -0.881. The third-order valence-corrected chi connectivity index (χ3v) is 3.57. The highest BCUT2D eigenvalue weighted by Gasteiger charge is 2.39. The van der Waals surface area contributed by atoms with Crippen molar-refractivity contribution in [2.24, 2.45) is 0 Å². The van der Waals surface area contributed by atoms with Crippen molar-refractivity contribution < 1.29 is 9.53 Å². The summed E-state index contributed by atoms with van der Waals surface area (Å²) in [5, 5.41) is 19.1. The number of ether oxygens (including phenoxy) is 1. The highest BCUT2D eigenvalue weighted by atomic mass is 35.5. The van der Waals surface area contributed by atoms with Gasteiger partial charge >= 0.3 is 11.6 Å². The Hall–Kier alpha value is -2.53. The van der Waals surface area contributed by atoms with Crippen molar-refractivity contribution in [2.75, 3.05) is 0 Å². The second-order valence-corrected chi connectivity index (χ2v) is 5.07. The van der Waals surface area contributed by atoms with Crippen molar-refractivity contribution >= 4 is 29.2 Å². The molecule has 2 aromatic rings. The first-order chi connectivity index (χ1) is 10.5. The SMILES string of the molecule is N#CC(C#N)(OC(=O)c1ccccc1Cl)c1ccccc1Cl. The van der Waals surface area contributed by atoms with E-state index in [1.165, 1.54) is 24.3 Å². The molecule has 0 aliphatic heterocycles. The van der Waals surface area contributed by atoms with E-state index in [1.54, 1.807) is 36.4 Å². The Kier molecular flexibility index (Phi) is 4.68. The van der Waals surface area contributed by atoms with Crippen LogP contribution in [0.15, 0.2) is 48.5 Å². The molecule has 2 rings (SSSR count). The van der Waals surface area contributed by atoms with E-state index in [2.05, 4.69) is 0 Å². The summed E-state index contributed by atoms with van der Waals surface area (Å²) in [4.78, 5) is 12.2. The van der Waals surface area contributed by atoms with Crippen LogP contribution in [-0.2, 0) is 10.3 Å². The van der Waals surface area contributed by atoms with E-state index < -0.39 is 11.6 Å². The minimum atomic E-state index is -2.14. The van der Waals surface area contributed by atoms with Crippen LogP contribution in [-0.4, -0.2) is 5.97 Å². The summed E-state index contributed by atoms with van der Waals surface area (Å²) in [6, 6.07) is 15.8. The monoisotopic (exact) mass is 330 g/mol. The van der Waals surface area contributed by atoms with Crippen LogP contribution in [0, 0.1) is 22.7 Å². The standard InChI is InChI=1S/C16H8Cl2N2O2/c17-13-7-3-1-5-11(13)15(21)22-16(9-19,10-20)12-6-2-4-8-14(12)18/h1-8H. The number of hydrogen-bond acceptors (Lipinski definition) is 4. The van der Waals surface area contributed by atoms with E-state index in [4.69, 9.17) is 27.9 Å². The molecule has 0 aromatic heterocycles. The number of benzene rings is 2. The minimum absolute atomic E-state index is 0.0612. The van der Waals surface area contributed by atoms with Gasteiger partial charge in [-0.1, -0.05) is 53.5 Å². The average molecular weight is 331 g/mol. The molecule has 0 bridgehead atoms. The van der Waals surface area contributed by atoms with E-state index in [0.717, 1.165) is 0 Å². The molecule has 0 amide bonds. The van der Waals surface area contributed by atoms with Gasteiger partial charge in [-0.3, -0.25) is 0 Å². The molecule has 2 aromatic carbocycles. The maximum Gasteiger partial charge on any atom is 0.342 e. The van der Waals surface area contributed by atoms with Gasteiger partial charge in [0, 0.05) is 5.56 Å². The van der Waals surface area contributed by atoms with E-state index in [9.17, 15) is 15.3 Å². The fourth-order valence-electron chi connectivity index (χ4n) is 1.81. The van der Waals surface area contributed by atoms with Crippen molar-refractivity contribution in [3.05, 3.63) is 69.7 Å². The Labute approximate surface area is 137 Å². The highest BCUT2D eigenvalue weighted by Crippen LogP contribution is 2.32. The molecule has 22 heavy (non-hydrogen) atoms. The molecule has 0 aliphatic carbocycles. The van der Waals surface area contributed by atoms with Crippen LogP contribution in [0.4, 0.5) is 0 Å². The molecule has 0 saturated carbocycles. The molecule has 0 fully saturated rings. The van der Waals surface area contributed by atoms with Gasteiger partial charge in [-0.25, -0.2) is 4.79 Å². The third kappa shape index (κ3) is 2.89. The third-order valence-electron chi connectivity index (χ3n) is 2.91. The van der Waals surface area contributed by atoms with Gasteiger partial charge in [0.15, 0.2) is 0 Å². The largest absolute Gasteiger partial charge is 0.422 e. The summed E-state index contributed by atoms with van der Waals surface area (Å²) < 4.78 is 5.14. The molecule has 4 nitrogen and oxygen atoms in total. The highest BCUT2D eigenvalue weighted by molar-refractivity contribution is 6.33. The second kappa shape index (κ2) is 6.49. The molecule has 0 unspecified atom stereocenters. The first kappa shape index (κ1) is 15.9. The van der Waals surface area contributed by atoms with Gasteiger partial charge in [-0.05, 0) is 18.2 Å². The van der Waals surface area contributed by atoms with Gasteiger partial charge in [0.2, 0.25) is 0 Å². The van der Waals surface area contributed by atoms with Gasteiger partial charge in [-0.2, -0.15) is 10.5 Å². The van der Waals surface area contributed by atoms with Crippen molar-refractivity contribution in [3.63, 3.8) is 0 Å². The van der Waals surface area contributed by atoms with Crippen molar-refractivity contribution in [2.45, 2.75) is 5.60 Å². The van der Waals surface area contributed by atoms with Crippen LogP contribution in [0.5, 0.6) is 0 Å². The number of nitrogens with zero attached hydrogens (tertiary/aromatic N) is 2. The first-order valence-electron chi connectivity index (χ1n) is 6.09. The molecule has 0 heterocycles. The number of nitriles is 2. The first-order valence-corrected chi connectivity index (χ1v) is 6.85. The maximum atomic E-state index is 12.2. The van der Waals surface area contributed by atoms with Gasteiger partial charge in [-0.15, -0.1) is 0 Å². The lowest BCUT2D eigenvalue weighted by Crippen LogP contribution is -2.30. The molecule has 0 aliphatic rings. The number of esters is 1. The number of rotatable bonds is 3. The Morgan fingerprint density at radius 1 is 0.955 bits per heavy atom. The van der Waals surface area contributed by atoms with E-state index in [0.29, 0.717) is 0 Å². The van der Waals surface area contributed by atoms with Gasteiger partial charge in [0.25, 0.3) is 0 Å². The molecule has 0 spiro atoms. The fourth-order valence-corrected chi connectivity index (χ4v) is 2.30. The number of carbonyl (C=O) groups is 1. The van der Waals surface area contributed by atoms with E-state index in [-0.39, 0.29) is 21.2 Å². The lowest BCUT2D eigenvalue weighted by atomic mass is 9.96. The Balaban J connectivity index is 2.46. The molecule has 0 atom stereocenters. The van der Waals surface area contributed by atoms with E-state index >= 15 is 0 Å². The minimum Gasteiger partial charge on any atom is -0.422 e. The normalized spacial score (nSPS) is 10.4. The lowest BCUT2D eigenvalue weighted by molar-refractivity contribution is 0.0238. The van der Waals surface area contributed by atoms with Gasteiger partial charge in [0.05, 0.1) is 15.6 Å². The van der Waals surface area contributed by atoms with Crippen molar-refractivity contribution in [1.29, 1.82) is 10.5 Å². The smallest absolute Gasteiger partial charge is 0.342 e. The van der Waals surface area contributed by atoms with Crippen LogP contribution in [0.25, 0.3) is 0 Å². The number of carbonyl (C=O) groups excluding carboxylic acids is 1. The molecular weight excluding hydrogens is 323 g/mol. The lowest BCUT2D eigenvalue weighted by Gasteiger charge is -2.21. The fraction of sp³-hybridized carbons (Fsp3) is 0.0625. The zero-order chi connectivity index (χ0) is 16.2. The summed E-state index contributed by atoms with van der Waals surface area (Å²) in [5.41, 5.74) is -1.98. The summed E-state index contributed by atoms with van der Waals surface area (Å²) in [7, 11) is 0. The molecule has 108 valence electrons. The molecule has 0 radical (unpaired) electrons. The van der Waals surface area contributed by atoms with Crippen LogP contribution in [0.2, 0.25) is 10.0 Å². The van der Waals surface area contributed by atoms with Crippen LogP contribution in [0.1, 0.15) is 15.9 Å². The Bertz CT molecular complexity index is 792. The Morgan fingerprint density at radius 3 is 2.05 bits per heavy atom. The maximum absolute atomic E-state index is 12.2. The topological polar surface area (TPSA) is 73.9 Å².